The summed E-state index contributed by atoms with van der Waals surface area (Å²) >= 11 is 6.00. The summed E-state index contributed by atoms with van der Waals surface area (Å²) < 4.78 is 0. The van der Waals surface area contributed by atoms with Crippen molar-refractivity contribution in [3.63, 3.8) is 0 Å². The summed E-state index contributed by atoms with van der Waals surface area (Å²) in [5, 5.41) is 0.500. The van der Waals surface area contributed by atoms with Crippen LogP contribution in [-0.2, 0) is 14.4 Å². The Hall–Kier alpha value is -1.88. The molecule has 24 heavy (non-hydrogen) atoms. The third-order valence-electron chi connectivity index (χ3n) is 5.06. The molecular weight excluding hydrogens is 328 g/mol. The van der Waals surface area contributed by atoms with Gasteiger partial charge in [-0.05, 0) is 43.4 Å². The number of hydrogen-bond acceptors (Lipinski definition) is 3. The number of rotatable bonds is 3. The lowest BCUT2D eigenvalue weighted by molar-refractivity contribution is -0.140. The molecule has 0 bridgehead atoms. The number of halogens is 1. The number of nitrogens with zero attached hydrogens (tertiary/aromatic N) is 2. The van der Waals surface area contributed by atoms with Gasteiger partial charge < -0.3 is 0 Å². The van der Waals surface area contributed by atoms with Gasteiger partial charge in [0.15, 0.2) is 0 Å². The van der Waals surface area contributed by atoms with Gasteiger partial charge >= 0.3 is 0 Å². The van der Waals surface area contributed by atoms with Crippen LogP contribution < -0.4 is 4.90 Å². The average Bonchev–Trinajstić information content (AvgIpc) is 2.76. The van der Waals surface area contributed by atoms with Crippen LogP contribution in [0.2, 0.25) is 5.02 Å². The van der Waals surface area contributed by atoms with E-state index in [9.17, 15) is 14.4 Å². The van der Waals surface area contributed by atoms with Crippen LogP contribution in [0.1, 0.15) is 33.1 Å². The van der Waals surface area contributed by atoms with Crippen molar-refractivity contribution in [2.45, 2.75) is 33.1 Å². The van der Waals surface area contributed by atoms with E-state index in [-0.39, 0.29) is 36.2 Å². The van der Waals surface area contributed by atoms with Crippen molar-refractivity contribution in [1.29, 1.82) is 0 Å². The number of likely N-dealkylation sites (tertiary alicyclic amines) is 1. The first kappa shape index (κ1) is 17.0. The smallest absolute Gasteiger partial charge is 0.234 e. The summed E-state index contributed by atoms with van der Waals surface area (Å²) in [7, 11) is 0. The Labute approximate surface area is 146 Å². The molecular formula is C18H21ClN2O3. The molecule has 1 heterocycles. The quantitative estimate of drug-likeness (QED) is 0.789. The third kappa shape index (κ3) is 3.05. The molecule has 128 valence electrons. The maximum Gasteiger partial charge on any atom is 0.234 e. The van der Waals surface area contributed by atoms with Crippen LogP contribution in [0.5, 0.6) is 0 Å². The molecule has 2 aliphatic rings. The molecule has 1 aromatic rings. The van der Waals surface area contributed by atoms with E-state index in [0.717, 1.165) is 19.3 Å². The Morgan fingerprint density at radius 2 is 1.96 bits per heavy atom. The van der Waals surface area contributed by atoms with Gasteiger partial charge in [0.25, 0.3) is 0 Å². The molecule has 1 aromatic carbocycles. The Bertz CT molecular complexity index is 691. The van der Waals surface area contributed by atoms with Crippen LogP contribution in [0, 0.1) is 17.8 Å². The molecule has 0 aromatic heterocycles. The van der Waals surface area contributed by atoms with Gasteiger partial charge in [-0.2, -0.15) is 0 Å². The van der Waals surface area contributed by atoms with Gasteiger partial charge in [-0.25, -0.2) is 0 Å². The average molecular weight is 349 g/mol. The fourth-order valence-corrected chi connectivity index (χ4v) is 3.93. The molecule has 1 aliphatic carbocycles. The predicted octanol–water partition coefficient (Wildman–Crippen LogP) is 3.07. The van der Waals surface area contributed by atoms with Crippen LogP contribution in [0.3, 0.4) is 0 Å². The lowest BCUT2D eigenvalue weighted by Gasteiger charge is -2.26. The number of benzene rings is 1. The van der Waals surface area contributed by atoms with E-state index in [1.807, 2.05) is 0 Å². The van der Waals surface area contributed by atoms with Crippen molar-refractivity contribution in [3.8, 4) is 0 Å². The maximum absolute atomic E-state index is 12.7. The fraction of sp³-hybridized carbons (Fsp3) is 0.500. The van der Waals surface area contributed by atoms with Crippen molar-refractivity contribution in [2.75, 3.05) is 11.6 Å². The van der Waals surface area contributed by atoms with E-state index in [4.69, 9.17) is 11.6 Å². The van der Waals surface area contributed by atoms with Crippen LogP contribution >= 0.6 is 11.6 Å². The molecule has 0 spiro atoms. The van der Waals surface area contributed by atoms with Gasteiger partial charge in [0.05, 0.1) is 11.8 Å². The lowest BCUT2D eigenvalue weighted by Crippen LogP contribution is -2.44. The monoisotopic (exact) mass is 348 g/mol. The summed E-state index contributed by atoms with van der Waals surface area (Å²) in [6.07, 6.45) is 2.48. The number of fused-ring (bicyclic) bond motifs is 1. The molecule has 1 aliphatic heterocycles. The zero-order chi connectivity index (χ0) is 17.4. The summed E-state index contributed by atoms with van der Waals surface area (Å²) in [6, 6.07) is 6.85. The minimum Gasteiger partial charge on any atom is -0.294 e. The first-order valence-corrected chi connectivity index (χ1v) is 8.65. The second kappa shape index (κ2) is 6.55. The number of hydrogen-bond donors (Lipinski definition) is 0. The summed E-state index contributed by atoms with van der Waals surface area (Å²) in [5.74, 6) is -0.521. The van der Waals surface area contributed by atoms with Crippen molar-refractivity contribution in [3.05, 3.63) is 29.3 Å². The van der Waals surface area contributed by atoms with Gasteiger partial charge in [-0.15, -0.1) is 0 Å². The molecule has 3 atom stereocenters. The molecule has 1 saturated carbocycles. The summed E-state index contributed by atoms with van der Waals surface area (Å²) in [6.45, 7) is 3.49. The molecule has 6 heteroatoms. The Balaban J connectivity index is 1.84. The highest BCUT2D eigenvalue weighted by atomic mass is 35.5. The first-order valence-electron chi connectivity index (χ1n) is 8.27. The lowest BCUT2D eigenvalue weighted by atomic mass is 9.76. The Kier molecular flexibility index (Phi) is 4.63. The topological polar surface area (TPSA) is 57.7 Å². The molecule has 0 radical (unpaired) electrons. The van der Waals surface area contributed by atoms with Crippen LogP contribution in [0.25, 0.3) is 0 Å². The molecule has 3 amide bonds. The molecule has 1 saturated heterocycles. The van der Waals surface area contributed by atoms with E-state index in [1.165, 1.54) is 16.7 Å². The predicted molar refractivity (Wildman–Crippen MR) is 91.3 cm³/mol. The summed E-state index contributed by atoms with van der Waals surface area (Å²) in [4.78, 5) is 40.1. The Morgan fingerprint density at radius 3 is 2.62 bits per heavy atom. The minimum absolute atomic E-state index is 0.0469. The van der Waals surface area contributed by atoms with E-state index in [2.05, 4.69) is 6.92 Å². The standard InChI is InChI=1S/C18H21ClN2O3/c1-11-6-7-15-16(8-11)18(24)21(17(15)23)10-20(12(2)22)14-5-3-4-13(19)9-14/h3-5,9,11,15-16H,6-8,10H2,1-2H3/t11-,15+,16+/m1/s1. The van der Waals surface area contributed by atoms with Crippen molar-refractivity contribution >= 4 is 35.0 Å². The zero-order valence-electron chi connectivity index (χ0n) is 13.9. The number of imide groups is 1. The van der Waals surface area contributed by atoms with Gasteiger partial charge in [-0.3, -0.25) is 24.2 Å². The second-order valence-electron chi connectivity index (χ2n) is 6.80. The molecule has 5 nitrogen and oxygen atoms in total. The van der Waals surface area contributed by atoms with E-state index >= 15 is 0 Å². The molecule has 0 N–H and O–H groups in total. The third-order valence-corrected chi connectivity index (χ3v) is 5.30. The van der Waals surface area contributed by atoms with Gasteiger partial charge in [0, 0.05) is 17.6 Å². The van der Waals surface area contributed by atoms with Crippen molar-refractivity contribution in [2.24, 2.45) is 17.8 Å². The van der Waals surface area contributed by atoms with Crippen molar-refractivity contribution < 1.29 is 14.4 Å². The van der Waals surface area contributed by atoms with Gasteiger partial charge in [0.2, 0.25) is 17.7 Å². The second-order valence-corrected chi connectivity index (χ2v) is 7.24. The van der Waals surface area contributed by atoms with E-state index in [0.29, 0.717) is 16.6 Å². The van der Waals surface area contributed by atoms with Crippen LogP contribution in [-0.4, -0.2) is 29.3 Å². The Morgan fingerprint density at radius 1 is 1.25 bits per heavy atom. The maximum atomic E-state index is 12.7. The molecule has 2 fully saturated rings. The SMILES string of the molecule is CC(=O)N(CN1C(=O)[C@H]2CC[C@@H](C)C[C@@H]2C1=O)c1cccc(Cl)c1. The van der Waals surface area contributed by atoms with E-state index < -0.39 is 0 Å². The van der Waals surface area contributed by atoms with Crippen LogP contribution in [0.4, 0.5) is 5.69 Å². The molecule has 0 unspecified atom stereocenters. The highest BCUT2D eigenvalue weighted by Crippen LogP contribution is 2.40. The number of amides is 3. The van der Waals surface area contributed by atoms with E-state index in [1.54, 1.807) is 24.3 Å². The van der Waals surface area contributed by atoms with Crippen LogP contribution in [0.15, 0.2) is 24.3 Å². The van der Waals surface area contributed by atoms with Gasteiger partial charge in [0.1, 0.15) is 6.67 Å². The normalized spacial score (nSPS) is 26.5. The largest absolute Gasteiger partial charge is 0.294 e. The number of carbonyl (C=O) groups excluding carboxylic acids is 3. The zero-order valence-corrected chi connectivity index (χ0v) is 14.6. The van der Waals surface area contributed by atoms with Gasteiger partial charge in [-0.1, -0.05) is 24.6 Å². The number of anilines is 1. The highest BCUT2D eigenvalue weighted by molar-refractivity contribution is 6.30. The summed E-state index contributed by atoms with van der Waals surface area (Å²) in [5.41, 5.74) is 0.582. The fourth-order valence-electron chi connectivity index (χ4n) is 3.75. The highest BCUT2D eigenvalue weighted by Gasteiger charge is 2.49. The molecule has 3 rings (SSSR count). The number of carbonyl (C=O) groups is 3. The minimum atomic E-state index is -0.235. The van der Waals surface area contributed by atoms with Crippen molar-refractivity contribution in [1.82, 2.24) is 4.90 Å². The first-order chi connectivity index (χ1) is 11.4.